The van der Waals surface area contributed by atoms with E-state index in [1.807, 2.05) is 23.5 Å². The van der Waals surface area contributed by atoms with Crippen LogP contribution in [-0.4, -0.2) is 19.2 Å². The molecule has 1 saturated heterocycles. The third-order valence-electron chi connectivity index (χ3n) is 4.95. The molecule has 1 fully saturated rings. The van der Waals surface area contributed by atoms with Gasteiger partial charge >= 0.3 is 6.09 Å². The van der Waals surface area contributed by atoms with Crippen molar-refractivity contribution in [3.63, 3.8) is 0 Å². The maximum Gasteiger partial charge on any atom is 0.414 e. The molecule has 4 rings (SSSR count). The summed E-state index contributed by atoms with van der Waals surface area (Å²) in [5, 5.41) is 5.98. The average Bonchev–Trinajstić information content (AvgIpc) is 3.24. The Balaban J connectivity index is 1.51. The normalized spacial score (nSPS) is 21.5. The third-order valence-corrected chi connectivity index (χ3v) is 5.94. The van der Waals surface area contributed by atoms with Gasteiger partial charge in [0.25, 0.3) is 0 Å². The highest BCUT2D eigenvalue weighted by Gasteiger charge is 2.25. The van der Waals surface area contributed by atoms with Crippen molar-refractivity contribution < 1.29 is 9.53 Å². The molecule has 2 atom stereocenters. The van der Waals surface area contributed by atoms with Crippen molar-refractivity contribution in [3.05, 3.63) is 51.7 Å². The average molecular weight is 342 g/mol. The van der Waals surface area contributed by atoms with Gasteiger partial charge in [-0.3, -0.25) is 4.90 Å². The lowest BCUT2D eigenvalue weighted by molar-refractivity contribution is 0.181. The van der Waals surface area contributed by atoms with Crippen LogP contribution in [0.25, 0.3) is 0 Å². The van der Waals surface area contributed by atoms with Gasteiger partial charge < -0.3 is 10.1 Å². The number of aryl methyl sites for hydroxylation is 1. The summed E-state index contributed by atoms with van der Waals surface area (Å²) in [6, 6.07) is 11.1. The zero-order chi connectivity index (χ0) is 16.5. The maximum absolute atomic E-state index is 11.8. The Kier molecular flexibility index (Phi) is 4.29. The monoisotopic (exact) mass is 342 g/mol. The van der Waals surface area contributed by atoms with E-state index < -0.39 is 0 Å². The van der Waals surface area contributed by atoms with Crippen LogP contribution in [0.4, 0.5) is 10.5 Å². The smallest absolute Gasteiger partial charge is 0.414 e. The largest absolute Gasteiger partial charge is 0.447 e. The predicted octanol–water partition coefficient (Wildman–Crippen LogP) is 4.43. The van der Waals surface area contributed by atoms with Crippen molar-refractivity contribution in [2.24, 2.45) is 0 Å². The van der Waals surface area contributed by atoms with Crippen molar-refractivity contribution in [2.75, 3.05) is 18.1 Å². The van der Waals surface area contributed by atoms with Gasteiger partial charge in [0.2, 0.25) is 0 Å². The van der Waals surface area contributed by atoms with Crippen LogP contribution in [0.15, 0.2) is 35.7 Å². The molecule has 4 nitrogen and oxygen atoms in total. The molecular formula is C19H22N2O2S. The Morgan fingerprint density at radius 3 is 3.12 bits per heavy atom. The molecule has 1 aromatic heterocycles. The van der Waals surface area contributed by atoms with Crippen LogP contribution < -0.4 is 10.2 Å². The molecule has 24 heavy (non-hydrogen) atoms. The number of benzene rings is 1. The van der Waals surface area contributed by atoms with E-state index in [0.717, 1.165) is 5.69 Å². The number of carbonyl (C=O) groups excluding carboxylic acids is 1. The molecule has 0 bridgehead atoms. The minimum Gasteiger partial charge on any atom is -0.447 e. The topological polar surface area (TPSA) is 41.6 Å². The molecule has 1 N–H and O–H groups in total. The number of anilines is 1. The molecule has 0 spiro atoms. The van der Waals surface area contributed by atoms with Crippen LogP contribution in [0.3, 0.4) is 0 Å². The highest BCUT2D eigenvalue weighted by atomic mass is 32.1. The number of thiophene rings is 1. The number of rotatable bonds is 4. The second-order valence-corrected chi connectivity index (χ2v) is 7.49. The first-order valence-electron chi connectivity index (χ1n) is 8.59. The molecule has 0 unspecified atom stereocenters. The quantitative estimate of drug-likeness (QED) is 0.893. The summed E-state index contributed by atoms with van der Waals surface area (Å²) >= 11 is 1.87. The van der Waals surface area contributed by atoms with E-state index in [9.17, 15) is 4.79 Å². The standard InChI is InChI=1S/C19H22N2O2S/c1-13(20-17-6-3-7-18-16(17)8-11-24-18)14-4-2-5-15(12-14)21-9-10-23-19(21)22/h2,4-5,8,11-13,17,20H,3,6-7,9-10H2,1H3/t13-,17+/m0/s1. The fourth-order valence-corrected chi connectivity index (χ4v) is 4.64. The number of cyclic esters (lactones) is 1. The van der Waals surface area contributed by atoms with Gasteiger partial charge in [-0.25, -0.2) is 4.79 Å². The van der Waals surface area contributed by atoms with Crippen LogP contribution in [0.2, 0.25) is 0 Å². The van der Waals surface area contributed by atoms with E-state index in [2.05, 4.69) is 35.8 Å². The van der Waals surface area contributed by atoms with Gasteiger partial charge in [0, 0.05) is 22.6 Å². The van der Waals surface area contributed by atoms with Crippen molar-refractivity contribution in [1.82, 2.24) is 5.32 Å². The Bertz CT molecular complexity index is 742. The van der Waals surface area contributed by atoms with Crippen LogP contribution in [-0.2, 0) is 11.2 Å². The number of amides is 1. The molecule has 2 aliphatic rings. The minimum atomic E-state index is -0.247. The van der Waals surface area contributed by atoms with E-state index in [1.165, 1.54) is 35.3 Å². The molecule has 0 radical (unpaired) electrons. The summed E-state index contributed by atoms with van der Waals surface area (Å²) in [7, 11) is 0. The Morgan fingerprint density at radius 2 is 2.29 bits per heavy atom. The van der Waals surface area contributed by atoms with Gasteiger partial charge in [-0.15, -0.1) is 11.3 Å². The number of ether oxygens (including phenoxy) is 1. The number of fused-ring (bicyclic) bond motifs is 1. The lowest BCUT2D eigenvalue weighted by Crippen LogP contribution is -2.27. The second kappa shape index (κ2) is 6.57. The van der Waals surface area contributed by atoms with Crippen LogP contribution in [0, 0.1) is 0 Å². The number of hydrogen-bond acceptors (Lipinski definition) is 4. The molecule has 1 aromatic carbocycles. The summed E-state index contributed by atoms with van der Waals surface area (Å²) in [5.74, 6) is 0. The number of nitrogens with one attached hydrogen (secondary N) is 1. The van der Waals surface area contributed by atoms with E-state index in [1.54, 1.807) is 4.90 Å². The summed E-state index contributed by atoms with van der Waals surface area (Å²) in [5.41, 5.74) is 3.59. The molecule has 1 amide bonds. The zero-order valence-electron chi connectivity index (χ0n) is 13.8. The van der Waals surface area contributed by atoms with Gasteiger partial charge in [0.05, 0.1) is 6.54 Å². The lowest BCUT2D eigenvalue weighted by atomic mass is 9.93. The van der Waals surface area contributed by atoms with E-state index in [-0.39, 0.29) is 12.1 Å². The van der Waals surface area contributed by atoms with Crippen molar-refractivity contribution >= 4 is 23.1 Å². The van der Waals surface area contributed by atoms with Crippen molar-refractivity contribution in [3.8, 4) is 0 Å². The van der Waals surface area contributed by atoms with Gasteiger partial charge in [0.1, 0.15) is 6.61 Å². The van der Waals surface area contributed by atoms with Gasteiger partial charge in [0.15, 0.2) is 0 Å². The summed E-state index contributed by atoms with van der Waals surface area (Å²) in [6.45, 7) is 3.30. The summed E-state index contributed by atoms with van der Waals surface area (Å²) in [6.07, 6.45) is 3.40. The zero-order valence-corrected chi connectivity index (χ0v) is 14.6. The Labute approximate surface area is 146 Å². The van der Waals surface area contributed by atoms with Gasteiger partial charge in [-0.1, -0.05) is 12.1 Å². The van der Waals surface area contributed by atoms with Crippen LogP contribution in [0.5, 0.6) is 0 Å². The van der Waals surface area contributed by atoms with E-state index in [4.69, 9.17) is 4.74 Å². The number of carbonyl (C=O) groups is 1. The first-order valence-corrected chi connectivity index (χ1v) is 9.47. The SMILES string of the molecule is C[C@H](N[C@@H]1CCCc2sccc21)c1cccc(N2CCOC2=O)c1. The third kappa shape index (κ3) is 2.94. The summed E-state index contributed by atoms with van der Waals surface area (Å²) < 4.78 is 5.04. The second-order valence-electron chi connectivity index (χ2n) is 6.49. The molecule has 2 heterocycles. The van der Waals surface area contributed by atoms with Gasteiger partial charge in [-0.2, -0.15) is 0 Å². The fraction of sp³-hybridized carbons (Fsp3) is 0.421. The Hall–Kier alpha value is -1.85. The van der Waals surface area contributed by atoms with Crippen molar-refractivity contribution in [2.45, 2.75) is 38.3 Å². The lowest BCUT2D eigenvalue weighted by Gasteiger charge is -2.28. The minimum absolute atomic E-state index is 0.236. The highest BCUT2D eigenvalue weighted by molar-refractivity contribution is 7.10. The molecule has 0 saturated carbocycles. The highest BCUT2D eigenvalue weighted by Crippen LogP contribution is 2.35. The summed E-state index contributed by atoms with van der Waals surface area (Å²) in [4.78, 5) is 15.0. The molecule has 126 valence electrons. The van der Waals surface area contributed by atoms with E-state index in [0.29, 0.717) is 19.2 Å². The predicted molar refractivity (Wildman–Crippen MR) is 96.7 cm³/mol. The molecule has 2 aromatic rings. The molecule has 1 aliphatic carbocycles. The maximum atomic E-state index is 11.8. The van der Waals surface area contributed by atoms with Crippen LogP contribution >= 0.6 is 11.3 Å². The first kappa shape index (κ1) is 15.7. The van der Waals surface area contributed by atoms with Gasteiger partial charge in [-0.05, 0) is 60.9 Å². The van der Waals surface area contributed by atoms with Crippen molar-refractivity contribution in [1.29, 1.82) is 0 Å². The van der Waals surface area contributed by atoms with E-state index >= 15 is 0 Å². The first-order chi connectivity index (χ1) is 11.7. The fourth-order valence-electron chi connectivity index (χ4n) is 3.65. The Morgan fingerprint density at radius 1 is 1.38 bits per heavy atom. The number of hydrogen-bond donors (Lipinski definition) is 1. The number of nitrogens with zero attached hydrogens (tertiary/aromatic N) is 1. The van der Waals surface area contributed by atoms with Crippen LogP contribution in [0.1, 0.15) is 47.9 Å². The molecule has 5 heteroatoms. The molecule has 1 aliphatic heterocycles. The molecular weight excluding hydrogens is 320 g/mol.